The van der Waals surface area contributed by atoms with Gasteiger partial charge >= 0.3 is 0 Å². The van der Waals surface area contributed by atoms with Gasteiger partial charge in [0.2, 0.25) is 0 Å². The molecular formula is C13H17ClN2S. The lowest BCUT2D eigenvalue weighted by atomic mass is 10.2. The van der Waals surface area contributed by atoms with Gasteiger partial charge in [0, 0.05) is 18.3 Å². The number of rotatable bonds is 2. The number of halogens is 1. The Morgan fingerprint density at radius 2 is 2.18 bits per heavy atom. The van der Waals surface area contributed by atoms with Crippen LogP contribution in [0, 0.1) is 6.92 Å². The number of thioether (sulfide) groups is 1. The van der Waals surface area contributed by atoms with Gasteiger partial charge in [0.15, 0.2) is 5.17 Å². The largest absolute Gasteiger partial charge is 0.348 e. The third-order valence-electron chi connectivity index (χ3n) is 2.83. The van der Waals surface area contributed by atoms with Gasteiger partial charge < -0.3 is 4.90 Å². The lowest BCUT2D eigenvalue weighted by molar-refractivity contribution is 0.384. The van der Waals surface area contributed by atoms with E-state index in [2.05, 4.69) is 18.7 Å². The second-order valence-corrected chi connectivity index (χ2v) is 5.90. The van der Waals surface area contributed by atoms with Crippen molar-refractivity contribution in [3.05, 3.63) is 28.8 Å². The maximum atomic E-state index is 6.20. The molecule has 0 amide bonds. The average molecular weight is 269 g/mol. The quantitative estimate of drug-likeness (QED) is 0.803. The van der Waals surface area contributed by atoms with Crippen molar-refractivity contribution in [2.75, 3.05) is 12.3 Å². The third kappa shape index (κ3) is 2.78. The van der Waals surface area contributed by atoms with Crippen LogP contribution < -0.4 is 0 Å². The van der Waals surface area contributed by atoms with Gasteiger partial charge in [-0.15, -0.1) is 0 Å². The van der Waals surface area contributed by atoms with Gasteiger partial charge in [-0.3, -0.25) is 0 Å². The van der Waals surface area contributed by atoms with E-state index in [0.717, 1.165) is 33.7 Å². The molecule has 0 spiro atoms. The minimum atomic E-state index is 0.492. The van der Waals surface area contributed by atoms with Crippen LogP contribution in [0.15, 0.2) is 23.2 Å². The standard InChI is InChI=1S/C13H17ClN2S/c1-9(2)16-7-8-17-13(16)15-12-10(3)5-4-6-11(12)14/h4-6,9H,7-8H2,1-3H3. The zero-order valence-electron chi connectivity index (χ0n) is 10.4. The zero-order chi connectivity index (χ0) is 12.4. The first-order valence-electron chi connectivity index (χ1n) is 5.83. The molecule has 0 radical (unpaired) electrons. The van der Waals surface area contributed by atoms with Crippen molar-refractivity contribution >= 4 is 34.2 Å². The highest BCUT2D eigenvalue weighted by atomic mass is 35.5. The maximum absolute atomic E-state index is 6.20. The van der Waals surface area contributed by atoms with Crippen molar-refractivity contribution in [3.8, 4) is 0 Å². The summed E-state index contributed by atoms with van der Waals surface area (Å²) in [6.07, 6.45) is 0. The van der Waals surface area contributed by atoms with E-state index in [1.165, 1.54) is 0 Å². The number of amidine groups is 1. The molecule has 1 aliphatic heterocycles. The van der Waals surface area contributed by atoms with Crippen molar-refractivity contribution in [3.63, 3.8) is 0 Å². The summed E-state index contributed by atoms with van der Waals surface area (Å²) in [5, 5.41) is 1.82. The Morgan fingerprint density at radius 3 is 2.82 bits per heavy atom. The van der Waals surface area contributed by atoms with Crippen LogP contribution in [0.4, 0.5) is 5.69 Å². The summed E-state index contributed by atoms with van der Waals surface area (Å²) in [6.45, 7) is 7.51. The molecule has 1 aromatic rings. The summed E-state index contributed by atoms with van der Waals surface area (Å²) in [6, 6.07) is 6.40. The van der Waals surface area contributed by atoms with Crippen LogP contribution in [-0.2, 0) is 0 Å². The highest BCUT2D eigenvalue weighted by Gasteiger charge is 2.22. The molecule has 2 nitrogen and oxygen atoms in total. The number of aryl methyl sites for hydroxylation is 1. The number of hydrogen-bond acceptors (Lipinski definition) is 2. The van der Waals surface area contributed by atoms with E-state index in [4.69, 9.17) is 16.6 Å². The molecule has 1 saturated heterocycles. The number of aliphatic imine (C=N–C) groups is 1. The van der Waals surface area contributed by atoms with E-state index in [1.54, 1.807) is 0 Å². The Balaban J connectivity index is 2.35. The van der Waals surface area contributed by atoms with Gasteiger partial charge in [-0.05, 0) is 32.4 Å². The first-order chi connectivity index (χ1) is 8.09. The number of para-hydroxylation sites is 1. The molecule has 0 atom stereocenters. The first-order valence-corrected chi connectivity index (χ1v) is 7.19. The summed E-state index contributed by atoms with van der Waals surface area (Å²) < 4.78 is 0. The third-order valence-corrected chi connectivity index (χ3v) is 4.10. The summed E-state index contributed by atoms with van der Waals surface area (Å²) in [4.78, 5) is 7.06. The molecule has 0 unspecified atom stereocenters. The number of benzene rings is 1. The van der Waals surface area contributed by atoms with Crippen LogP contribution >= 0.6 is 23.4 Å². The highest BCUT2D eigenvalue weighted by molar-refractivity contribution is 8.14. The van der Waals surface area contributed by atoms with Crippen molar-refractivity contribution in [2.45, 2.75) is 26.8 Å². The molecule has 0 bridgehead atoms. The normalized spacial score (nSPS) is 18.4. The second kappa shape index (κ2) is 5.32. The Labute approximate surface area is 112 Å². The van der Waals surface area contributed by atoms with Gasteiger partial charge in [-0.25, -0.2) is 4.99 Å². The number of hydrogen-bond donors (Lipinski definition) is 0. The van der Waals surface area contributed by atoms with Crippen LogP contribution in [0.25, 0.3) is 0 Å². The van der Waals surface area contributed by atoms with Crippen LogP contribution in [0.5, 0.6) is 0 Å². The molecule has 1 heterocycles. The summed E-state index contributed by atoms with van der Waals surface area (Å²) in [5.41, 5.74) is 2.03. The summed E-state index contributed by atoms with van der Waals surface area (Å²) in [5.74, 6) is 1.11. The van der Waals surface area contributed by atoms with Crippen molar-refractivity contribution < 1.29 is 0 Å². The smallest absolute Gasteiger partial charge is 0.164 e. The fourth-order valence-electron chi connectivity index (χ4n) is 1.85. The molecule has 92 valence electrons. The molecule has 0 aliphatic carbocycles. The predicted molar refractivity (Wildman–Crippen MR) is 77.6 cm³/mol. The van der Waals surface area contributed by atoms with Gasteiger partial charge in [-0.2, -0.15) is 0 Å². The first kappa shape index (κ1) is 12.8. The van der Waals surface area contributed by atoms with E-state index < -0.39 is 0 Å². The Hall–Kier alpha value is -0.670. The predicted octanol–water partition coefficient (Wildman–Crippen LogP) is 4.09. The molecule has 0 N–H and O–H groups in total. The van der Waals surface area contributed by atoms with Crippen molar-refractivity contribution in [2.24, 2.45) is 4.99 Å². The molecular weight excluding hydrogens is 252 g/mol. The van der Waals surface area contributed by atoms with Crippen LogP contribution in [0.3, 0.4) is 0 Å². The molecule has 1 aromatic carbocycles. The van der Waals surface area contributed by atoms with Gasteiger partial charge in [0.1, 0.15) is 0 Å². The molecule has 17 heavy (non-hydrogen) atoms. The minimum absolute atomic E-state index is 0.492. The lowest BCUT2D eigenvalue weighted by Crippen LogP contribution is -2.31. The lowest BCUT2D eigenvalue weighted by Gasteiger charge is -2.22. The average Bonchev–Trinajstić information content (AvgIpc) is 2.72. The van der Waals surface area contributed by atoms with Crippen LogP contribution in [-0.4, -0.2) is 28.4 Å². The van der Waals surface area contributed by atoms with Gasteiger partial charge in [0.05, 0.1) is 10.7 Å². The molecule has 0 aromatic heterocycles. The fraction of sp³-hybridized carbons (Fsp3) is 0.462. The Bertz CT molecular complexity index is 423. The molecule has 1 fully saturated rings. The van der Waals surface area contributed by atoms with Crippen LogP contribution in [0.1, 0.15) is 19.4 Å². The maximum Gasteiger partial charge on any atom is 0.164 e. The number of nitrogens with zero attached hydrogens (tertiary/aromatic N) is 2. The second-order valence-electron chi connectivity index (χ2n) is 4.44. The van der Waals surface area contributed by atoms with Crippen molar-refractivity contribution in [1.82, 2.24) is 4.90 Å². The Morgan fingerprint density at radius 1 is 1.41 bits per heavy atom. The molecule has 4 heteroatoms. The van der Waals surface area contributed by atoms with E-state index >= 15 is 0 Å². The molecule has 0 saturated carbocycles. The van der Waals surface area contributed by atoms with Gasteiger partial charge in [-0.1, -0.05) is 35.5 Å². The molecule has 1 aliphatic rings. The Kier molecular flexibility index (Phi) is 4.00. The van der Waals surface area contributed by atoms with E-state index in [0.29, 0.717) is 6.04 Å². The van der Waals surface area contributed by atoms with Crippen LogP contribution in [0.2, 0.25) is 5.02 Å². The zero-order valence-corrected chi connectivity index (χ0v) is 12.0. The summed E-state index contributed by atoms with van der Waals surface area (Å²) in [7, 11) is 0. The van der Waals surface area contributed by atoms with E-state index in [9.17, 15) is 0 Å². The topological polar surface area (TPSA) is 15.6 Å². The summed E-state index contributed by atoms with van der Waals surface area (Å²) >= 11 is 8.01. The van der Waals surface area contributed by atoms with E-state index in [-0.39, 0.29) is 0 Å². The SMILES string of the molecule is Cc1cccc(Cl)c1N=C1SCCN1C(C)C. The van der Waals surface area contributed by atoms with Crippen molar-refractivity contribution in [1.29, 1.82) is 0 Å². The fourth-order valence-corrected chi connectivity index (χ4v) is 3.21. The van der Waals surface area contributed by atoms with Gasteiger partial charge in [0.25, 0.3) is 0 Å². The highest BCUT2D eigenvalue weighted by Crippen LogP contribution is 2.31. The molecule has 2 rings (SSSR count). The monoisotopic (exact) mass is 268 g/mol. The van der Waals surface area contributed by atoms with E-state index in [1.807, 2.05) is 36.9 Å². The minimum Gasteiger partial charge on any atom is -0.348 e.